The standard InChI is InChI=1S/C16H17ClN2O/c1-10-8-9-18-15(17)13(10)19-14-11-6-4-5-7-12(11)20-16(14,2)3/h4-9,14,19H,1-3H3. The van der Waals surface area contributed by atoms with Gasteiger partial charge < -0.3 is 10.1 Å². The molecule has 1 atom stereocenters. The zero-order valence-electron chi connectivity index (χ0n) is 11.8. The number of benzene rings is 1. The highest BCUT2D eigenvalue weighted by Gasteiger charge is 2.41. The van der Waals surface area contributed by atoms with Crippen LogP contribution in [0.4, 0.5) is 5.69 Å². The van der Waals surface area contributed by atoms with E-state index >= 15 is 0 Å². The van der Waals surface area contributed by atoms with E-state index in [0.29, 0.717) is 5.15 Å². The van der Waals surface area contributed by atoms with Crippen molar-refractivity contribution in [2.45, 2.75) is 32.4 Å². The Labute approximate surface area is 123 Å². The second-order valence-corrected chi connectivity index (χ2v) is 5.97. The molecule has 4 heteroatoms. The second-order valence-electron chi connectivity index (χ2n) is 5.61. The lowest BCUT2D eigenvalue weighted by Crippen LogP contribution is -2.35. The predicted octanol–water partition coefficient (Wildman–Crippen LogP) is 4.37. The zero-order valence-corrected chi connectivity index (χ0v) is 12.5. The first kappa shape index (κ1) is 13.3. The van der Waals surface area contributed by atoms with Crippen molar-refractivity contribution >= 4 is 17.3 Å². The summed E-state index contributed by atoms with van der Waals surface area (Å²) in [5.74, 6) is 0.924. The second kappa shape index (κ2) is 4.67. The minimum Gasteiger partial charge on any atom is -0.485 e. The van der Waals surface area contributed by atoms with Gasteiger partial charge in [-0.3, -0.25) is 0 Å². The number of anilines is 1. The normalized spacial score (nSPS) is 19.3. The minimum absolute atomic E-state index is 0.0408. The van der Waals surface area contributed by atoms with Crippen LogP contribution in [0, 0.1) is 6.92 Å². The van der Waals surface area contributed by atoms with Gasteiger partial charge in [-0.15, -0.1) is 0 Å². The molecule has 20 heavy (non-hydrogen) atoms. The van der Waals surface area contributed by atoms with Gasteiger partial charge in [0.25, 0.3) is 0 Å². The largest absolute Gasteiger partial charge is 0.485 e. The van der Waals surface area contributed by atoms with E-state index in [9.17, 15) is 0 Å². The topological polar surface area (TPSA) is 34.2 Å². The average molecular weight is 289 g/mol. The molecule has 0 aliphatic carbocycles. The predicted molar refractivity (Wildman–Crippen MR) is 81.5 cm³/mol. The fraction of sp³-hybridized carbons (Fsp3) is 0.312. The Hall–Kier alpha value is -1.74. The molecule has 2 heterocycles. The molecule has 3 rings (SSSR count). The van der Waals surface area contributed by atoms with Gasteiger partial charge in [0.15, 0.2) is 5.15 Å². The number of aryl methyl sites for hydroxylation is 1. The SMILES string of the molecule is Cc1ccnc(Cl)c1NC1c2ccccc2OC1(C)C. The van der Waals surface area contributed by atoms with Crippen LogP contribution in [-0.2, 0) is 0 Å². The number of para-hydroxylation sites is 1. The van der Waals surface area contributed by atoms with Crippen LogP contribution < -0.4 is 10.1 Å². The fourth-order valence-corrected chi connectivity index (χ4v) is 2.88. The van der Waals surface area contributed by atoms with Crippen molar-refractivity contribution < 1.29 is 4.74 Å². The summed E-state index contributed by atoms with van der Waals surface area (Å²) in [4.78, 5) is 4.15. The van der Waals surface area contributed by atoms with Gasteiger partial charge in [-0.2, -0.15) is 0 Å². The van der Waals surface area contributed by atoms with Crippen molar-refractivity contribution in [2.75, 3.05) is 5.32 Å². The number of pyridine rings is 1. The first-order valence-electron chi connectivity index (χ1n) is 6.64. The number of nitrogens with one attached hydrogen (secondary N) is 1. The van der Waals surface area contributed by atoms with E-state index in [1.54, 1.807) is 6.20 Å². The summed E-state index contributed by atoms with van der Waals surface area (Å²) in [6, 6.07) is 10.1. The van der Waals surface area contributed by atoms with Gasteiger partial charge in [0.2, 0.25) is 0 Å². The maximum absolute atomic E-state index is 6.21. The number of ether oxygens (including phenoxy) is 1. The van der Waals surface area contributed by atoms with Gasteiger partial charge in [-0.1, -0.05) is 29.8 Å². The molecule has 2 aromatic rings. The van der Waals surface area contributed by atoms with Gasteiger partial charge in [0.05, 0.1) is 11.7 Å². The van der Waals surface area contributed by atoms with Crippen LogP contribution in [0.2, 0.25) is 5.15 Å². The molecule has 1 N–H and O–H groups in total. The lowest BCUT2D eigenvalue weighted by Gasteiger charge is -2.28. The molecule has 104 valence electrons. The molecule has 0 bridgehead atoms. The number of rotatable bonds is 2. The molecule has 0 spiro atoms. The third-order valence-corrected chi connectivity index (χ3v) is 3.99. The highest BCUT2D eigenvalue weighted by molar-refractivity contribution is 6.32. The third kappa shape index (κ3) is 2.12. The van der Waals surface area contributed by atoms with Crippen LogP contribution in [0.1, 0.15) is 31.0 Å². The summed E-state index contributed by atoms with van der Waals surface area (Å²) >= 11 is 6.21. The highest BCUT2D eigenvalue weighted by atomic mass is 35.5. The summed E-state index contributed by atoms with van der Waals surface area (Å²) in [6.07, 6.45) is 1.72. The Morgan fingerprint density at radius 2 is 2.00 bits per heavy atom. The lowest BCUT2D eigenvalue weighted by atomic mass is 9.94. The van der Waals surface area contributed by atoms with Crippen molar-refractivity contribution in [1.29, 1.82) is 0 Å². The molecule has 1 unspecified atom stereocenters. The molecular formula is C16H17ClN2O. The van der Waals surface area contributed by atoms with Gasteiger partial charge >= 0.3 is 0 Å². The van der Waals surface area contributed by atoms with Gasteiger partial charge in [-0.05, 0) is 38.5 Å². The minimum atomic E-state index is -0.338. The van der Waals surface area contributed by atoms with Crippen LogP contribution in [-0.4, -0.2) is 10.6 Å². The molecule has 0 fully saturated rings. The van der Waals surface area contributed by atoms with Crippen LogP contribution in [0.3, 0.4) is 0 Å². The number of nitrogens with zero attached hydrogens (tertiary/aromatic N) is 1. The first-order chi connectivity index (χ1) is 9.49. The average Bonchev–Trinajstić information content (AvgIpc) is 2.64. The highest BCUT2D eigenvalue weighted by Crippen LogP contribution is 2.45. The van der Waals surface area contributed by atoms with Crippen LogP contribution in [0.15, 0.2) is 36.5 Å². The van der Waals surface area contributed by atoms with Gasteiger partial charge in [0.1, 0.15) is 11.4 Å². The number of halogens is 1. The van der Waals surface area contributed by atoms with Crippen molar-refractivity contribution in [1.82, 2.24) is 4.98 Å². The molecular weight excluding hydrogens is 272 g/mol. The van der Waals surface area contributed by atoms with Crippen LogP contribution in [0.25, 0.3) is 0 Å². The van der Waals surface area contributed by atoms with E-state index in [1.165, 1.54) is 0 Å². The monoisotopic (exact) mass is 288 g/mol. The van der Waals surface area contributed by atoms with E-state index in [-0.39, 0.29) is 11.6 Å². The summed E-state index contributed by atoms with van der Waals surface area (Å²) < 4.78 is 6.03. The Bertz CT molecular complexity index is 634. The molecule has 0 amide bonds. The zero-order chi connectivity index (χ0) is 14.3. The number of hydrogen-bond acceptors (Lipinski definition) is 3. The van der Waals surface area contributed by atoms with E-state index in [2.05, 4.69) is 30.2 Å². The van der Waals surface area contributed by atoms with Crippen molar-refractivity contribution in [3.63, 3.8) is 0 Å². The summed E-state index contributed by atoms with van der Waals surface area (Å²) in [5.41, 5.74) is 2.75. The van der Waals surface area contributed by atoms with Crippen molar-refractivity contribution in [3.05, 3.63) is 52.8 Å². The van der Waals surface area contributed by atoms with E-state index in [0.717, 1.165) is 22.6 Å². The molecule has 1 aliphatic rings. The maximum atomic E-state index is 6.21. The first-order valence-corrected chi connectivity index (χ1v) is 7.02. The molecule has 3 nitrogen and oxygen atoms in total. The van der Waals surface area contributed by atoms with Gasteiger partial charge in [0, 0.05) is 11.8 Å². The Morgan fingerprint density at radius 3 is 2.75 bits per heavy atom. The van der Waals surface area contributed by atoms with E-state index in [4.69, 9.17) is 16.3 Å². The molecule has 1 aromatic carbocycles. The Kier molecular flexibility index (Phi) is 3.09. The van der Waals surface area contributed by atoms with E-state index < -0.39 is 0 Å². The van der Waals surface area contributed by atoms with Crippen LogP contribution in [0.5, 0.6) is 5.75 Å². The number of aromatic nitrogens is 1. The summed E-state index contributed by atoms with van der Waals surface area (Å²) in [7, 11) is 0. The van der Waals surface area contributed by atoms with Crippen molar-refractivity contribution in [2.24, 2.45) is 0 Å². The number of fused-ring (bicyclic) bond motifs is 1. The molecule has 1 aromatic heterocycles. The third-order valence-electron chi connectivity index (χ3n) is 3.70. The number of hydrogen-bond donors (Lipinski definition) is 1. The Balaban J connectivity index is 2.02. The lowest BCUT2D eigenvalue weighted by molar-refractivity contribution is 0.118. The van der Waals surface area contributed by atoms with E-state index in [1.807, 2.05) is 31.2 Å². The fourth-order valence-electron chi connectivity index (χ4n) is 2.62. The summed E-state index contributed by atoms with van der Waals surface area (Å²) in [6.45, 7) is 6.17. The van der Waals surface area contributed by atoms with Crippen molar-refractivity contribution in [3.8, 4) is 5.75 Å². The molecule has 0 saturated heterocycles. The molecule has 0 saturated carbocycles. The van der Waals surface area contributed by atoms with Crippen LogP contribution >= 0.6 is 11.6 Å². The maximum Gasteiger partial charge on any atom is 0.152 e. The van der Waals surface area contributed by atoms with Gasteiger partial charge in [-0.25, -0.2) is 4.98 Å². The molecule has 0 radical (unpaired) electrons. The molecule has 1 aliphatic heterocycles. The summed E-state index contributed by atoms with van der Waals surface area (Å²) in [5, 5.41) is 4.00. The smallest absolute Gasteiger partial charge is 0.152 e. The quantitative estimate of drug-likeness (QED) is 0.833. The Morgan fingerprint density at radius 1 is 1.25 bits per heavy atom.